The molecule has 0 bridgehead atoms. The number of fused-ring (bicyclic) bond motifs is 1. The summed E-state index contributed by atoms with van der Waals surface area (Å²) in [5.74, 6) is 2.62. The quantitative estimate of drug-likeness (QED) is 0.452. The molecule has 6 nitrogen and oxygen atoms in total. The van der Waals surface area contributed by atoms with Crippen LogP contribution in [0.1, 0.15) is 18.3 Å². The summed E-state index contributed by atoms with van der Waals surface area (Å²) in [6, 6.07) is 16.0. The number of methoxy groups -OCH3 is 1. The van der Waals surface area contributed by atoms with Crippen LogP contribution < -0.4 is 15.4 Å². The molecule has 0 aliphatic carbocycles. The van der Waals surface area contributed by atoms with Gasteiger partial charge in [-0.15, -0.1) is 0 Å². The van der Waals surface area contributed by atoms with Crippen molar-refractivity contribution in [3.63, 3.8) is 0 Å². The maximum absolute atomic E-state index is 5.26. The summed E-state index contributed by atoms with van der Waals surface area (Å²) in [5, 5.41) is 6.63. The van der Waals surface area contributed by atoms with Gasteiger partial charge in [-0.2, -0.15) is 0 Å². The lowest BCUT2D eigenvalue weighted by Crippen LogP contribution is -2.38. The Morgan fingerprint density at radius 2 is 2.04 bits per heavy atom. The van der Waals surface area contributed by atoms with Gasteiger partial charge in [-0.05, 0) is 36.8 Å². The van der Waals surface area contributed by atoms with E-state index in [-0.39, 0.29) is 0 Å². The molecule has 0 saturated carbocycles. The first-order valence-electron chi connectivity index (χ1n) is 8.87. The number of aromatic nitrogens is 2. The normalized spacial score (nSPS) is 11.5. The molecule has 0 saturated heterocycles. The first-order valence-corrected chi connectivity index (χ1v) is 8.87. The predicted molar refractivity (Wildman–Crippen MR) is 106 cm³/mol. The molecule has 6 heteroatoms. The lowest BCUT2D eigenvalue weighted by atomic mass is 10.2. The largest absolute Gasteiger partial charge is 0.497 e. The van der Waals surface area contributed by atoms with Crippen molar-refractivity contribution in [2.75, 3.05) is 20.2 Å². The summed E-state index contributed by atoms with van der Waals surface area (Å²) in [7, 11) is 1.67. The average molecular weight is 351 g/mol. The van der Waals surface area contributed by atoms with Crippen LogP contribution in [0.2, 0.25) is 0 Å². The second-order valence-electron chi connectivity index (χ2n) is 5.92. The molecule has 0 unspecified atom stereocenters. The Morgan fingerprint density at radius 1 is 1.15 bits per heavy atom. The summed E-state index contributed by atoms with van der Waals surface area (Å²) >= 11 is 0. The molecule has 0 amide bonds. The smallest absolute Gasteiger partial charge is 0.191 e. The monoisotopic (exact) mass is 351 g/mol. The number of H-pyrrole nitrogens is 1. The van der Waals surface area contributed by atoms with Gasteiger partial charge in [0.05, 0.1) is 24.7 Å². The molecule has 136 valence electrons. The average Bonchev–Trinajstić information content (AvgIpc) is 3.09. The standard InChI is InChI=1S/C20H25N5O/c1-3-21-20(23-14-15-7-6-8-16(13-15)26-2)22-12-11-19-24-17-9-4-5-10-18(17)25-19/h4-10,13H,3,11-12,14H2,1-2H3,(H,24,25)(H2,21,22,23). The van der Waals surface area contributed by atoms with Gasteiger partial charge >= 0.3 is 0 Å². The van der Waals surface area contributed by atoms with E-state index < -0.39 is 0 Å². The second kappa shape index (κ2) is 8.89. The highest BCUT2D eigenvalue weighted by molar-refractivity contribution is 5.79. The third kappa shape index (κ3) is 4.75. The number of aliphatic imine (C=N–C) groups is 1. The van der Waals surface area contributed by atoms with Crippen LogP contribution in [-0.2, 0) is 13.0 Å². The Labute approximate surface area is 153 Å². The maximum Gasteiger partial charge on any atom is 0.191 e. The first kappa shape index (κ1) is 17.8. The van der Waals surface area contributed by atoms with Crippen molar-refractivity contribution >= 4 is 17.0 Å². The minimum absolute atomic E-state index is 0.594. The molecule has 0 spiro atoms. The van der Waals surface area contributed by atoms with Gasteiger partial charge in [-0.1, -0.05) is 24.3 Å². The number of para-hydroxylation sites is 2. The van der Waals surface area contributed by atoms with Crippen molar-refractivity contribution in [3.8, 4) is 5.75 Å². The zero-order valence-electron chi connectivity index (χ0n) is 15.2. The van der Waals surface area contributed by atoms with Crippen molar-refractivity contribution in [2.45, 2.75) is 19.9 Å². The number of aromatic amines is 1. The molecule has 2 aromatic carbocycles. The van der Waals surface area contributed by atoms with Crippen LogP contribution in [0.15, 0.2) is 53.5 Å². The Morgan fingerprint density at radius 3 is 2.85 bits per heavy atom. The zero-order chi connectivity index (χ0) is 18.2. The van der Waals surface area contributed by atoms with Gasteiger partial charge in [0.2, 0.25) is 0 Å². The van der Waals surface area contributed by atoms with E-state index in [1.165, 1.54) is 0 Å². The predicted octanol–water partition coefficient (Wildman–Crippen LogP) is 2.87. The number of nitrogens with zero attached hydrogens (tertiary/aromatic N) is 2. The van der Waals surface area contributed by atoms with Crippen LogP contribution in [0.3, 0.4) is 0 Å². The number of hydrogen-bond acceptors (Lipinski definition) is 3. The summed E-state index contributed by atoms with van der Waals surface area (Å²) in [6.07, 6.45) is 0.804. The van der Waals surface area contributed by atoms with Crippen LogP contribution in [0.25, 0.3) is 11.0 Å². The van der Waals surface area contributed by atoms with Gasteiger partial charge in [0.25, 0.3) is 0 Å². The summed E-state index contributed by atoms with van der Waals surface area (Å²) in [4.78, 5) is 12.6. The van der Waals surface area contributed by atoms with E-state index in [2.05, 4.69) is 32.5 Å². The number of hydrogen-bond donors (Lipinski definition) is 3. The molecule has 1 heterocycles. The molecule has 3 rings (SSSR count). The fourth-order valence-corrected chi connectivity index (χ4v) is 2.71. The van der Waals surface area contributed by atoms with E-state index in [9.17, 15) is 0 Å². The van der Waals surface area contributed by atoms with Crippen LogP contribution in [-0.4, -0.2) is 36.1 Å². The number of ether oxygens (including phenoxy) is 1. The molecular weight excluding hydrogens is 326 g/mol. The fraction of sp³-hybridized carbons (Fsp3) is 0.300. The van der Waals surface area contributed by atoms with E-state index in [4.69, 9.17) is 4.74 Å². The maximum atomic E-state index is 5.26. The lowest BCUT2D eigenvalue weighted by molar-refractivity contribution is 0.414. The molecule has 3 N–H and O–H groups in total. The second-order valence-corrected chi connectivity index (χ2v) is 5.92. The van der Waals surface area contributed by atoms with Gasteiger partial charge in [0.15, 0.2) is 5.96 Å². The molecule has 0 aliphatic heterocycles. The van der Waals surface area contributed by atoms with Gasteiger partial charge in [0, 0.05) is 19.5 Å². The molecule has 0 radical (unpaired) electrons. The summed E-state index contributed by atoms with van der Waals surface area (Å²) in [5.41, 5.74) is 3.18. The minimum atomic E-state index is 0.594. The summed E-state index contributed by atoms with van der Waals surface area (Å²) < 4.78 is 5.26. The molecule has 1 aromatic heterocycles. The molecular formula is C20H25N5O. The highest BCUT2D eigenvalue weighted by atomic mass is 16.5. The molecule has 0 atom stereocenters. The zero-order valence-corrected chi connectivity index (χ0v) is 15.2. The van der Waals surface area contributed by atoms with Crippen LogP contribution in [0, 0.1) is 0 Å². The van der Waals surface area contributed by atoms with E-state index in [0.717, 1.165) is 53.6 Å². The number of rotatable bonds is 7. The van der Waals surface area contributed by atoms with Gasteiger partial charge < -0.3 is 20.4 Å². The van der Waals surface area contributed by atoms with Gasteiger partial charge in [-0.3, -0.25) is 0 Å². The SMILES string of the molecule is CCNC(=NCc1cccc(OC)c1)NCCc1nc2ccccc2[nH]1. The van der Waals surface area contributed by atoms with Crippen molar-refractivity contribution in [3.05, 3.63) is 59.9 Å². The topological polar surface area (TPSA) is 74.3 Å². The van der Waals surface area contributed by atoms with E-state index in [1.807, 2.05) is 48.5 Å². The van der Waals surface area contributed by atoms with Crippen molar-refractivity contribution in [2.24, 2.45) is 4.99 Å². The Kier molecular flexibility index (Phi) is 6.09. The van der Waals surface area contributed by atoms with E-state index in [0.29, 0.717) is 6.54 Å². The van der Waals surface area contributed by atoms with E-state index in [1.54, 1.807) is 7.11 Å². The number of guanidine groups is 1. The Hall–Kier alpha value is -3.02. The lowest BCUT2D eigenvalue weighted by Gasteiger charge is -2.11. The van der Waals surface area contributed by atoms with E-state index >= 15 is 0 Å². The molecule has 0 fully saturated rings. The van der Waals surface area contributed by atoms with Gasteiger partial charge in [-0.25, -0.2) is 9.98 Å². The highest BCUT2D eigenvalue weighted by Gasteiger charge is 2.03. The highest BCUT2D eigenvalue weighted by Crippen LogP contribution is 2.13. The van der Waals surface area contributed by atoms with Crippen molar-refractivity contribution in [1.29, 1.82) is 0 Å². The molecule has 26 heavy (non-hydrogen) atoms. The molecule has 0 aliphatic rings. The van der Waals surface area contributed by atoms with Crippen LogP contribution in [0.5, 0.6) is 5.75 Å². The number of imidazole rings is 1. The minimum Gasteiger partial charge on any atom is -0.497 e. The Balaban J connectivity index is 1.57. The van der Waals surface area contributed by atoms with Gasteiger partial charge in [0.1, 0.15) is 11.6 Å². The Bertz CT molecular complexity index is 838. The fourth-order valence-electron chi connectivity index (χ4n) is 2.71. The third-order valence-corrected chi connectivity index (χ3v) is 3.99. The van der Waals surface area contributed by atoms with Crippen LogP contribution in [0.4, 0.5) is 0 Å². The van der Waals surface area contributed by atoms with Crippen molar-refractivity contribution in [1.82, 2.24) is 20.6 Å². The third-order valence-electron chi connectivity index (χ3n) is 3.99. The van der Waals surface area contributed by atoms with Crippen molar-refractivity contribution < 1.29 is 4.74 Å². The first-order chi connectivity index (χ1) is 12.8. The summed E-state index contributed by atoms with van der Waals surface area (Å²) in [6.45, 7) is 4.22. The number of nitrogens with one attached hydrogen (secondary N) is 3. The molecule has 3 aromatic rings. The number of benzene rings is 2. The van der Waals surface area contributed by atoms with Crippen LogP contribution >= 0.6 is 0 Å².